The molecule has 0 radical (unpaired) electrons. The summed E-state index contributed by atoms with van der Waals surface area (Å²) < 4.78 is 0. The zero-order valence-corrected chi connectivity index (χ0v) is 8.15. The number of aryl methyl sites for hydroxylation is 1. The fourth-order valence-corrected chi connectivity index (χ4v) is 1.12. The van der Waals surface area contributed by atoms with Crippen LogP contribution in [0.25, 0.3) is 0 Å². The summed E-state index contributed by atoms with van der Waals surface area (Å²) in [7, 11) is 0. The van der Waals surface area contributed by atoms with E-state index in [1.807, 2.05) is 6.07 Å². The van der Waals surface area contributed by atoms with Crippen molar-refractivity contribution < 1.29 is 4.92 Å². The van der Waals surface area contributed by atoms with Crippen molar-refractivity contribution in [1.82, 2.24) is 0 Å². The van der Waals surface area contributed by atoms with E-state index in [-0.39, 0.29) is 12.1 Å². The summed E-state index contributed by atoms with van der Waals surface area (Å²) in [6.07, 6.45) is 0.163. The summed E-state index contributed by atoms with van der Waals surface area (Å²) in [5, 5.41) is 18.8. The molecule has 74 valence electrons. The van der Waals surface area contributed by atoms with E-state index in [1.54, 1.807) is 19.1 Å². The number of nitrogens with zero attached hydrogens (tertiary/aromatic N) is 2. The highest BCUT2D eigenvalue weighted by atomic mass is 16.6. The fourth-order valence-electron chi connectivity index (χ4n) is 1.12. The van der Waals surface area contributed by atoms with Crippen LogP contribution in [-0.4, -0.2) is 4.92 Å². The molecule has 0 spiro atoms. The van der Waals surface area contributed by atoms with Crippen LogP contribution in [0.1, 0.15) is 17.5 Å². The van der Waals surface area contributed by atoms with Gasteiger partial charge in [-0.2, -0.15) is 5.26 Å². The molecule has 0 aliphatic carbocycles. The minimum absolute atomic E-state index is 0.0841. The van der Waals surface area contributed by atoms with Gasteiger partial charge < -0.3 is 0 Å². The van der Waals surface area contributed by atoms with E-state index in [1.165, 1.54) is 6.07 Å². The smallest absolute Gasteiger partial charge is 0.258 e. The predicted octanol–water partition coefficient (Wildman–Crippen LogP) is 2.17. The van der Waals surface area contributed by atoms with Gasteiger partial charge in [0, 0.05) is 17.2 Å². The Morgan fingerprint density at radius 2 is 2.27 bits per heavy atom. The summed E-state index contributed by atoms with van der Waals surface area (Å²) in [5.74, 6) is 5.40. The van der Waals surface area contributed by atoms with Crippen LogP contribution in [0.15, 0.2) is 18.2 Å². The second-order valence-corrected chi connectivity index (χ2v) is 2.90. The van der Waals surface area contributed by atoms with Gasteiger partial charge >= 0.3 is 0 Å². The standard InChI is InChI=1S/C11H8N2O2/c1-9-8-10(4-2-3-7-12)5-6-11(9)13(14)15/h5-6,8H,3H2,1H3. The van der Waals surface area contributed by atoms with E-state index in [9.17, 15) is 10.1 Å². The number of hydrogen-bond donors (Lipinski definition) is 0. The molecule has 0 unspecified atom stereocenters. The SMILES string of the molecule is Cc1cc(C#CCC#N)ccc1[N+](=O)[O-]. The third kappa shape index (κ3) is 2.82. The summed E-state index contributed by atoms with van der Waals surface area (Å²) in [6.45, 7) is 1.66. The highest BCUT2D eigenvalue weighted by molar-refractivity contribution is 5.47. The second kappa shape index (κ2) is 4.78. The van der Waals surface area contributed by atoms with Crippen molar-refractivity contribution in [3.8, 4) is 17.9 Å². The van der Waals surface area contributed by atoms with Gasteiger partial charge in [-0.1, -0.05) is 11.8 Å². The molecule has 0 heterocycles. The first-order valence-electron chi connectivity index (χ1n) is 4.26. The van der Waals surface area contributed by atoms with Crippen molar-refractivity contribution in [2.75, 3.05) is 0 Å². The van der Waals surface area contributed by atoms with E-state index in [4.69, 9.17) is 5.26 Å². The molecule has 0 fully saturated rings. The largest absolute Gasteiger partial charge is 0.272 e. The maximum absolute atomic E-state index is 10.5. The molecular weight excluding hydrogens is 192 g/mol. The third-order valence-electron chi connectivity index (χ3n) is 1.79. The minimum Gasteiger partial charge on any atom is -0.258 e. The van der Waals surface area contributed by atoms with Crippen molar-refractivity contribution in [3.63, 3.8) is 0 Å². The van der Waals surface area contributed by atoms with E-state index in [0.29, 0.717) is 11.1 Å². The Morgan fingerprint density at radius 1 is 1.53 bits per heavy atom. The van der Waals surface area contributed by atoms with Gasteiger partial charge in [-0.25, -0.2) is 0 Å². The monoisotopic (exact) mass is 200 g/mol. The maximum atomic E-state index is 10.5. The van der Waals surface area contributed by atoms with Gasteiger partial charge in [-0.3, -0.25) is 10.1 Å². The van der Waals surface area contributed by atoms with Gasteiger partial charge in [0.2, 0.25) is 0 Å². The molecule has 0 saturated carbocycles. The predicted molar refractivity (Wildman–Crippen MR) is 54.9 cm³/mol. The van der Waals surface area contributed by atoms with Crippen molar-refractivity contribution >= 4 is 5.69 Å². The number of hydrogen-bond acceptors (Lipinski definition) is 3. The van der Waals surface area contributed by atoms with Crippen LogP contribution in [0.5, 0.6) is 0 Å². The molecule has 0 aliphatic heterocycles. The zero-order chi connectivity index (χ0) is 11.3. The Labute approximate surface area is 87.3 Å². The van der Waals surface area contributed by atoms with Crippen LogP contribution < -0.4 is 0 Å². The van der Waals surface area contributed by atoms with Crippen LogP contribution in [-0.2, 0) is 0 Å². The Balaban J connectivity index is 2.99. The molecule has 0 N–H and O–H groups in total. The number of nitriles is 1. The molecule has 1 aromatic rings. The normalized spacial score (nSPS) is 8.53. The Morgan fingerprint density at radius 3 is 2.80 bits per heavy atom. The molecule has 4 nitrogen and oxygen atoms in total. The molecule has 0 amide bonds. The summed E-state index contributed by atoms with van der Waals surface area (Å²) in [6, 6.07) is 6.54. The molecule has 1 rings (SSSR count). The Bertz CT molecular complexity index is 490. The summed E-state index contributed by atoms with van der Waals surface area (Å²) in [5.41, 5.74) is 1.35. The van der Waals surface area contributed by atoms with Gasteiger partial charge in [0.05, 0.1) is 17.4 Å². The second-order valence-electron chi connectivity index (χ2n) is 2.90. The Kier molecular flexibility index (Phi) is 3.43. The van der Waals surface area contributed by atoms with Crippen LogP contribution >= 0.6 is 0 Å². The van der Waals surface area contributed by atoms with Gasteiger partial charge in [-0.15, -0.1) is 0 Å². The quantitative estimate of drug-likeness (QED) is 0.396. The lowest BCUT2D eigenvalue weighted by Gasteiger charge is -1.96. The average Bonchev–Trinajstić information content (AvgIpc) is 2.17. The molecule has 15 heavy (non-hydrogen) atoms. The van der Waals surface area contributed by atoms with E-state index >= 15 is 0 Å². The lowest BCUT2D eigenvalue weighted by Crippen LogP contribution is -1.91. The van der Waals surface area contributed by atoms with Gasteiger partial charge in [0.25, 0.3) is 5.69 Å². The molecule has 0 aliphatic rings. The molecule has 0 aromatic heterocycles. The van der Waals surface area contributed by atoms with Crippen LogP contribution in [0.4, 0.5) is 5.69 Å². The molecule has 1 aromatic carbocycles. The average molecular weight is 200 g/mol. The van der Waals surface area contributed by atoms with Gasteiger partial charge in [0.15, 0.2) is 0 Å². The molecular formula is C11H8N2O2. The van der Waals surface area contributed by atoms with Crippen LogP contribution in [0.2, 0.25) is 0 Å². The lowest BCUT2D eigenvalue weighted by atomic mass is 10.1. The van der Waals surface area contributed by atoms with Crippen LogP contribution in [0, 0.1) is 40.2 Å². The first kappa shape index (κ1) is 10.7. The molecule has 0 atom stereocenters. The topological polar surface area (TPSA) is 66.9 Å². The van der Waals surface area contributed by atoms with Crippen LogP contribution in [0.3, 0.4) is 0 Å². The number of benzene rings is 1. The van der Waals surface area contributed by atoms with Crippen molar-refractivity contribution in [1.29, 1.82) is 5.26 Å². The van der Waals surface area contributed by atoms with Gasteiger partial charge in [-0.05, 0) is 19.1 Å². The van der Waals surface area contributed by atoms with E-state index in [0.717, 1.165) is 0 Å². The summed E-state index contributed by atoms with van der Waals surface area (Å²) >= 11 is 0. The number of rotatable bonds is 1. The first-order valence-corrected chi connectivity index (χ1v) is 4.26. The highest BCUT2D eigenvalue weighted by Gasteiger charge is 2.08. The number of nitro benzene ring substituents is 1. The maximum Gasteiger partial charge on any atom is 0.272 e. The van der Waals surface area contributed by atoms with E-state index < -0.39 is 4.92 Å². The minimum atomic E-state index is -0.429. The first-order chi connectivity index (χ1) is 7.15. The lowest BCUT2D eigenvalue weighted by molar-refractivity contribution is -0.385. The Hall–Kier alpha value is -2.33. The fraction of sp³-hybridized carbons (Fsp3) is 0.182. The third-order valence-corrected chi connectivity index (χ3v) is 1.79. The zero-order valence-electron chi connectivity index (χ0n) is 8.15. The number of nitro groups is 1. The van der Waals surface area contributed by atoms with Crippen molar-refractivity contribution in [3.05, 3.63) is 39.4 Å². The molecule has 0 bridgehead atoms. The summed E-state index contributed by atoms with van der Waals surface area (Å²) in [4.78, 5) is 10.1. The van der Waals surface area contributed by atoms with Gasteiger partial charge in [0.1, 0.15) is 0 Å². The van der Waals surface area contributed by atoms with E-state index in [2.05, 4.69) is 11.8 Å². The van der Waals surface area contributed by atoms with Crippen molar-refractivity contribution in [2.45, 2.75) is 13.3 Å². The molecule has 0 saturated heterocycles. The van der Waals surface area contributed by atoms with Crippen molar-refractivity contribution in [2.24, 2.45) is 0 Å². The highest BCUT2D eigenvalue weighted by Crippen LogP contribution is 2.18. The molecule has 4 heteroatoms.